The maximum atomic E-state index is 12.8. The number of carboxylic acids is 1. The van der Waals surface area contributed by atoms with Gasteiger partial charge in [0.25, 0.3) is 0 Å². The molecule has 0 radical (unpaired) electrons. The van der Waals surface area contributed by atoms with Crippen LogP contribution in [0.4, 0.5) is 22.6 Å². The lowest BCUT2D eigenvalue weighted by Gasteiger charge is -2.69. The number of ether oxygens (including phenoxy) is 1. The van der Waals surface area contributed by atoms with Gasteiger partial charge >= 0.3 is 5.97 Å². The number of nitrogens with zero attached hydrogens (tertiary/aromatic N) is 7. The maximum Gasteiger partial charge on any atom is 0.355 e. The molecule has 0 amide bonds. The van der Waals surface area contributed by atoms with E-state index in [1.165, 1.54) is 6.42 Å². The summed E-state index contributed by atoms with van der Waals surface area (Å²) in [6.07, 6.45) is 8.06. The third-order valence-corrected chi connectivity index (χ3v) is 13.3. The van der Waals surface area contributed by atoms with Crippen LogP contribution < -0.4 is 15.5 Å². The topological polar surface area (TPSA) is 184 Å². The van der Waals surface area contributed by atoms with Crippen LogP contribution in [-0.2, 0) is 11.3 Å². The first-order valence-corrected chi connectivity index (χ1v) is 20.6. The van der Waals surface area contributed by atoms with Gasteiger partial charge in [-0.05, 0) is 117 Å². The number of carboxylic acid groups (broad SMARTS) is 1. The van der Waals surface area contributed by atoms with E-state index in [2.05, 4.69) is 49.3 Å². The molecule has 3 atom stereocenters. The van der Waals surface area contributed by atoms with Gasteiger partial charge in [-0.1, -0.05) is 37.3 Å². The first-order chi connectivity index (χ1) is 27.2. The number of aromatic carboxylic acids is 1. The summed E-state index contributed by atoms with van der Waals surface area (Å²) in [4.78, 5) is 23.8. The molecule has 2 unspecified atom stereocenters. The second-order valence-electron chi connectivity index (χ2n) is 17.7. The molecule has 9 rings (SSSR count). The molecule has 302 valence electrons. The van der Waals surface area contributed by atoms with Gasteiger partial charge in [-0.3, -0.25) is 4.68 Å². The highest BCUT2D eigenvalue weighted by atomic mass is 32.1. The molecule has 1 aromatic carbocycles. The summed E-state index contributed by atoms with van der Waals surface area (Å²) in [7, 11) is 1.80. The van der Waals surface area contributed by atoms with E-state index in [4.69, 9.17) is 14.9 Å². The van der Waals surface area contributed by atoms with Gasteiger partial charge in [-0.15, -0.1) is 10.2 Å². The van der Waals surface area contributed by atoms with Crippen molar-refractivity contribution in [3.63, 3.8) is 0 Å². The Morgan fingerprint density at radius 2 is 1.75 bits per heavy atom. The summed E-state index contributed by atoms with van der Waals surface area (Å²) in [5.74, 6) is 0.426. The van der Waals surface area contributed by atoms with Crippen LogP contribution in [0, 0.1) is 30.1 Å². The number of pyridine rings is 1. The Kier molecular flexibility index (Phi) is 10.3. The van der Waals surface area contributed by atoms with Crippen molar-refractivity contribution in [3.05, 3.63) is 65.6 Å². The van der Waals surface area contributed by atoms with Crippen molar-refractivity contribution in [2.45, 2.75) is 90.9 Å². The summed E-state index contributed by atoms with van der Waals surface area (Å²) in [6, 6.07) is 13.5. The number of hydrogen-bond acceptors (Lipinski definition) is 13. The number of aliphatic hydroxyl groups is 2. The fraction of sp³-hybridized carbons (Fsp3) is 0.524. The number of aromatic nitrogens is 6. The molecule has 4 heterocycles. The fourth-order valence-corrected chi connectivity index (χ4v) is 11.9. The summed E-state index contributed by atoms with van der Waals surface area (Å²) in [5.41, 5.74) is 4.04. The smallest absolute Gasteiger partial charge is 0.355 e. The summed E-state index contributed by atoms with van der Waals surface area (Å²) in [6.45, 7) is 11.2. The molecule has 0 aliphatic heterocycles. The number of aliphatic hydroxyl groups excluding tert-OH is 2. The lowest BCUT2D eigenvalue weighted by Crippen LogP contribution is -2.64. The summed E-state index contributed by atoms with van der Waals surface area (Å²) >= 11 is 1.54. The average Bonchev–Trinajstić information content (AvgIpc) is 3.73. The highest BCUT2D eigenvalue weighted by Crippen LogP contribution is 2.72. The van der Waals surface area contributed by atoms with E-state index < -0.39 is 12.1 Å². The molecule has 57 heavy (non-hydrogen) atoms. The molecular weight excluding hydrogens is 743 g/mol. The van der Waals surface area contributed by atoms with Gasteiger partial charge in [0.15, 0.2) is 22.5 Å². The Morgan fingerprint density at radius 3 is 2.47 bits per heavy atom. The van der Waals surface area contributed by atoms with E-state index in [1.54, 1.807) is 29.5 Å². The maximum absolute atomic E-state index is 12.8. The zero-order valence-corrected chi connectivity index (χ0v) is 34.2. The molecular formula is C42H53N9O5S. The Hall–Kier alpha value is -4.54. The minimum Gasteiger partial charge on any atom is -0.476 e. The first-order valence-electron chi connectivity index (χ1n) is 19.8. The van der Waals surface area contributed by atoms with Gasteiger partial charge in [0.05, 0.1) is 41.3 Å². The van der Waals surface area contributed by atoms with Crippen molar-refractivity contribution >= 4 is 50.1 Å². The summed E-state index contributed by atoms with van der Waals surface area (Å²) < 4.78 is 9.98. The number of anilines is 4. The molecule has 15 heteroatoms. The second-order valence-corrected chi connectivity index (χ2v) is 18.7. The van der Waals surface area contributed by atoms with Crippen molar-refractivity contribution in [1.82, 2.24) is 35.3 Å². The monoisotopic (exact) mass is 795 g/mol. The third-order valence-electron chi connectivity index (χ3n) is 12.3. The number of fused-ring (bicyclic) bond motifs is 1. The Balaban J connectivity index is 0.985. The number of para-hydroxylation sites is 1. The van der Waals surface area contributed by atoms with E-state index in [0.29, 0.717) is 49.1 Å². The van der Waals surface area contributed by atoms with E-state index in [9.17, 15) is 15.0 Å². The molecule has 5 N–H and O–H groups in total. The van der Waals surface area contributed by atoms with Crippen molar-refractivity contribution in [2.75, 3.05) is 43.6 Å². The predicted molar refractivity (Wildman–Crippen MR) is 221 cm³/mol. The fourth-order valence-electron chi connectivity index (χ4n) is 11.1. The molecule has 0 saturated heterocycles. The molecule has 4 saturated carbocycles. The standard InChI is InChI=1S/C42H53N9O5S/c1-26-16-34(48-49-36(26)47-38-45-31-8-6-7-9-32(31)57-38)50(5)33-11-10-29(35(46-33)37(54)55)30-17-44-51(27(30)2)25-41-20-39(3)19-40(4,21-41)23-42(22-39,24-41)56-15-14-43-13-12-28(53)18-52/h6-11,16-17,28,43,52-53H,12-15,18-25H2,1-5H3,(H,54,55)(H,45,47,49)/t28-,39?,40?,41?,42?/m1/s1. The Bertz CT molecular complexity index is 2240. The molecule has 0 spiro atoms. The van der Waals surface area contributed by atoms with E-state index in [0.717, 1.165) is 70.8 Å². The van der Waals surface area contributed by atoms with Crippen LogP contribution >= 0.6 is 11.3 Å². The van der Waals surface area contributed by atoms with E-state index >= 15 is 0 Å². The zero-order chi connectivity index (χ0) is 40.2. The first kappa shape index (κ1) is 39.3. The van der Waals surface area contributed by atoms with Gasteiger partial charge in [0, 0.05) is 37.0 Å². The van der Waals surface area contributed by atoms with Crippen molar-refractivity contribution < 1.29 is 24.9 Å². The zero-order valence-electron chi connectivity index (χ0n) is 33.4. The van der Waals surface area contributed by atoms with Gasteiger partial charge in [0.2, 0.25) is 0 Å². The van der Waals surface area contributed by atoms with Crippen LogP contribution in [0.1, 0.15) is 80.5 Å². The number of rotatable bonds is 16. The highest BCUT2D eigenvalue weighted by Gasteiger charge is 2.66. The number of nitrogens with one attached hydrogen (secondary N) is 2. The van der Waals surface area contributed by atoms with Crippen LogP contribution in [0.25, 0.3) is 21.3 Å². The minimum absolute atomic E-state index is 0.00400. The quantitative estimate of drug-likeness (QED) is 0.0671. The summed E-state index contributed by atoms with van der Waals surface area (Å²) in [5, 5.41) is 50.3. The number of thiazole rings is 1. The predicted octanol–water partition coefficient (Wildman–Crippen LogP) is 6.64. The van der Waals surface area contributed by atoms with Crippen molar-refractivity contribution in [1.29, 1.82) is 0 Å². The van der Waals surface area contributed by atoms with Crippen LogP contribution in [0.5, 0.6) is 0 Å². The Labute approximate surface area is 336 Å². The molecule has 4 bridgehead atoms. The molecule has 4 aliphatic carbocycles. The van der Waals surface area contributed by atoms with Gasteiger partial charge < -0.3 is 35.6 Å². The number of benzene rings is 1. The molecule has 5 aromatic rings. The molecule has 4 aromatic heterocycles. The van der Waals surface area contributed by atoms with Gasteiger partial charge in [-0.25, -0.2) is 14.8 Å². The highest BCUT2D eigenvalue weighted by molar-refractivity contribution is 7.22. The van der Waals surface area contributed by atoms with Crippen molar-refractivity contribution in [2.24, 2.45) is 16.2 Å². The third kappa shape index (κ3) is 7.87. The Morgan fingerprint density at radius 1 is 0.982 bits per heavy atom. The van der Waals surface area contributed by atoms with Gasteiger partial charge in [-0.2, -0.15) is 5.10 Å². The van der Waals surface area contributed by atoms with E-state index in [-0.39, 0.29) is 34.1 Å². The van der Waals surface area contributed by atoms with Crippen LogP contribution in [0.3, 0.4) is 0 Å². The number of aryl methyl sites for hydroxylation is 1. The van der Waals surface area contributed by atoms with E-state index in [1.807, 2.05) is 56.3 Å². The largest absolute Gasteiger partial charge is 0.476 e. The SMILES string of the molecule is Cc1cc(N(C)c2ccc(-c3cnn(CC45CC6(C)CC(C)(C4)CC(OCCNCC[C@@H](O)CO)(C6)C5)c3C)c(C(=O)O)n2)nnc1Nc1nc2ccccc2s1. The van der Waals surface area contributed by atoms with Crippen LogP contribution in [0.2, 0.25) is 0 Å². The van der Waals surface area contributed by atoms with Crippen LogP contribution in [-0.4, -0.2) is 96.3 Å². The number of carbonyl (C=O) groups is 1. The second kappa shape index (κ2) is 15.0. The van der Waals surface area contributed by atoms with Crippen LogP contribution in [0.15, 0.2) is 48.7 Å². The number of hydrogen-bond donors (Lipinski definition) is 5. The van der Waals surface area contributed by atoms with Crippen molar-refractivity contribution in [3.8, 4) is 11.1 Å². The van der Waals surface area contributed by atoms with Gasteiger partial charge in [0.1, 0.15) is 5.82 Å². The lowest BCUT2D eigenvalue weighted by atomic mass is 9.39. The molecule has 14 nitrogen and oxygen atoms in total. The average molecular weight is 796 g/mol. The normalized spacial score (nSPS) is 25.6. The molecule has 4 aliphatic rings. The minimum atomic E-state index is -1.12. The lowest BCUT2D eigenvalue weighted by molar-refractivity contribution is -0.247. The molecule has 4 fully saturated rings.